The first-order chi connectivity index (χ1) is 17.4. The molecule has 5 rings (SSSR count). The van der Waals surface area contributed by atoms with E-state index in [1.165, 1.54) is 4.31 Å². The molecule has 36 heavy (non-hydrogen) atoms. The Morgan fingerprint density at radius 1 is 1.03 bits per heavy atom. The van der Waals surface area contributed by atoms with Crippen molar-refractivity contribution in [3.63, 3.8) is 0 Å². The van der Waals surface area contributed by atoms with Crippen molar-refractivity contribution in [3.05, 3.63) is 77.9 Å². The number of fused-ring (bicyclic) bond motifs is 2. The molecule has 0 spiro atoms. The average molecular weight is 523 g/mol. The van der Waals surface area contributed by atoms with Crippen molar-refractivity contribution >= 4 is 54.9 Å². The van der Waals surface area contributed by atoms with Gasteiger partial charge in [-0.25, -0.2) is 8.42 Å². The van der Waals surface area contributed by atoms with Crippen LogP contribution in [0.4, 0.5) is 5.69 Å². The maximum absolute atomic E-state index is 13.3. The number of halogens is 1. The minimum absolute atomic E-state index is 0.124. The summed E-state index contributed by atoms with van der Waals surface area (Å²) in [4.78, 5) is 17.5. The molecule has 1 aliphatic heterocycles. The van der Waals surface area contributed by atoms with Gasteiger partial charge in [0.25, 0.3) is 0 Å². The molecular weight excluding hydrogens is 496 g/mol. The van der Waals surface area contributed by atoms with Gasteiger partial charge in [-0.1, -0.05) is 41.9 Å². The van der Waals surface area contributed by atoms with Gasteiger partial charge in [0.2, 0.25) is 15.9 Å². The van der Waals surface area contributed by atoms with Crippen molar-refractivity contribution in [1.82, 2.24) is 14.6 Å². The third-order valence-corrected chi connectivity index (χ3v) is 8.65. The molecule has 186 valence electrons. The molecule has 1 atom stereocenters. The first-order valence-electron chi connectivity index (χ1n) is 12.0. The largest absolute Gasteiger partial charge is 0.383 e. The van der Waals surface area contributed by atoms with Crippen LogP contribution in [0, 0.1) is 5.92 Å². The van der Waals surface area contributed by atoms with Crippen LogP contribution in [-0.2, 0) is 14.8 Å². The summed E-state index contributed by atoms with van der Waals surface area (Å²) in [5.41, 5.74) is 1.71. The van der Waals surface area contributed by atoms with Gasteiger partial charge < -0.3 is 10.6 Å². The van der Waals surface area contributed by atoms with Crippen LogP contribution < -0.4 is 10.6 Å². The molecule has 0 saturated carbocycles. The first kappa shape index (κ1) is 24.5. The lowest BCUT2D eigenvalue weighted by molar-refractivity contribution is -0.125. The third-order valence-electron chi connectivity index (χ3n) is 6.56. The van der Waals surface area contributed by atoms with E-state index in [0.717, 1.165) is 27.4 Å². The van der Waals surface area contributed by atoms with Crippen LogP contribution >= 0.6 is 11.6 Å². The summed E-state index contributed by atoms with van der Waals surface area (Å²) in [5.74, 6) is -0.501. The summed E-state index contributed by atoms with van der Waals surface area (Å²) in [7, 11) is -3.68. The Labute approximate surface area is 215 Å². The molecule has 7 nitrogen and oxygen atoms in total. The molecule has 4 aromatic rings. The molecular formula is C27H27ClN4O3S. The number of hydrogen-bond donors (Lipinski definition) is 2. The molecule has 0 aliphatic carbocycles. The lowest BCUT2D eigenvalue weighted by Gasteiger charge is -2.31. The maximum Gasteiger partial charge on any atom is 0.243 e. The zero-order chi connectivity index (χ0) is 25.1. The van der Waals surface area contributed by atoms with Crippen molar-refractivity contribution in [3.8, 4) is 0 Å². The van der Waals surface area contributed by atoms with E-state index in [2.05, 4.69) is 15.6 Å². The Hall–Kier alpha value is -3.20. The Kier molecular flexibility index (Phi) is 7.09. The molecule has 9 heteroatoms. The molecule has 2 N–H and O–H groups in total. The molecule has 1 fully saturated rings. The quantitative estimate of drug-likeness (QED) is 0.344. The number of sulfonamides is 1. The number of hydrogen-bond acceptors (Lipinski definition) is 5. The molecule has 1 amide bonds. The summed E-state index contributed by atoms with van der Waals surface area (Å²) in [6.45, 7) is 1.55. The highest BCUT2D eigenvalue weighted by molar-refractivity contribution is 7.89. The van der Waals surface area contributed by atoms with Crippen molar-refractivity contribution in [2.45, 2.75) is 17.7 Å². The van der Waals surface area contributed by atoms with E-state index >= 15 is 0 Å². The summed E-state index contributed by atoms with van der Waals surface area (Å²) in [5, 5.41) is 9.74. The Morgan fingerprint density at radius 3 is 2.72 bits per heavy atom. The van der Waals surface area contributed by atoms with Crippen LogP contribution in [-0.4, -0.2) is 49.8 Å². The van der Waals surface area contributed by atoms with Gasteiger partial charge in [0.15, 0.2) is 0 Å². The van der Waals surface area contributed by atoms with E-state index < -0.39 is 10.0 Å². The van der Waals surface area contributed by atoms with Crippen LogP contribution in [0.5, 0.6) is 0 Å². The van der Waals surface area contributed by atoms with Gasteiger partial charge in [-0.2, -0.15) is 4.31 Å². The summed E-state index contributed by atoms with van der Waals surface area (Å²) < 4.78 is 28.1. The minimum atomic E-state index is -3.68. The normalized spacial score (nSPS) is 16.8. The van der Waals surface area contributed by atoms with Crippen molar-refractivity contribution in [1.29, 1.82) is 0 Å². The predicted molar refractivity (Wildman–Crippen MR) is 144 cm³/mol. The summed E-state index contributed by atoms with van der Waals surface area (Å²) in [6.07, 6.45) is 3.03. The fraction of sp³-hybridized carbons (Fsp3) is 0.259. The molecule has 1 aromatic heterocycles. The van der Waals surface area contributed by atoms with Crippen LogP contribution in [0.2, 0.25) is 5.02 Å². The number of benzene rings is 3. The fourth-order valence-corrected chi connectivity index (χ4v) is 6.38. The van der Waals surface area contributed by atoms with Gasteiger partial charge in [-0.05, 0) is 60.0 Å². The minimum Gasteiger partial charge on any atom is -0.383 e. The molecule has 3 aromatic carbocycles. The molecule has 0 bridgehead atoms. The fourth-order valence-electron chi connectivity index (χ4n) is 4.65. The Bertz CT molecular complexity index is 1530. The van der Waals surface area contributed by atoms with Crippen molar-refractivity contribution in [2.75, 3.05) is 31.5 Å². The summed E-state index contributed by atoms with van der Waals surface area (Å²) in [6, 6.07) is 20.3. The van der Waals surface area contributed by atoms with Crippen molar-refractivity contribution < 1.29 is 13.2 Å². The van der Waals surface area contributed by atoms with Gasteiger partial charge in [0.05, 0.1) is 16.3 Å². The monoisotopic (exact) mass is 522 g/mol. The lowest BCUT2D eigenvalue weighted by Crippen LogP contribution is -2.46. The van der Waals surface area contributed by atoms with Gasteiger partial charge in [-0.3, -0.25) is 9.78 Å². The molecule has 2 heterocycles. The van der Waals surface area contributed by atoms with Crippen LogP contribution in [0.15, 0.2) is 77.8 Å². The second kappa shape index (κ2) is 10.4. The number of anilines is 1. The highest BCUT2D eigenvalue weighted by atomic mass is 35.5. The van der Waals surface area contributed by atoms with E-state index in [0.29, 0.717) is 37.5 Å². The maximum atomic E-state index is 13.3. The SMILES string of the molecule is O=C(NCCNc1ccnc2cc(Cl)ccc12)[C@@H]1CCCN(S(=O)(=O)c2ccc3ccccc3c2)C1. The number of rotatable bonds is 7. The number of piperidine rings is 1. The van der Waals surface area contributed by atoms with Crippen LogP contribution in [0.3, 0.4) is 0 Å². The van der Waals surface area contributed by atoms with Gasteiger partial charge in [-0.15, -0.1) is 0 Å². The first-order valence-corrected chi connectivity index (χ1v) is 13.8. The second-order valence-corrected chi connectivity index (χ2v) is 11.3. The third kappa shape index (κ3) is 5.16. The number of carbonyl (C=O) groups is 1. The number of pyridine rings is 1. The van der Waals surface area contributed by atoms with Crippen molar-refractivity contribution in [2.24, 2.45) is 5.92 Å². The highest BCUT2D eigenvalue weighted by Crippen LogP contribution is 2.27. The molecule has 1 aliphatic rings. The van der Waals surface area contributed by atoms with Crippen LogP contribution in [0.1, 0.15) is 12.8 Å². The summed E-state index contributed by atoms with van der Waals surface area (Å²) >= 11 is 6.05. The smallest absolute Gasteiger partial charge is 0.243 e. The van der Waals surface area contributed by atoms with Gasteiger partial charge in [0, 0.05) is 48.5 Å². The molecule has 1 saturated heterocycles. The van der Waals surface area contributed by atoms with Gasteiger partial charge in [0.1, 0.15) is 0 Å². The number of carbonyl (C=O) groups excluding carboxylic acids is 1. The zero-order valence-electron chi connectivity index (χ0n) is 19.7. The standard InChI is InChI=1S/C27H27ClN4O3S/c28-22-8-10-24-25(11-12-29-26(24)17-22)30-13-14-31-27(33)21-6-3-15-32(18-21)36(34,35)23-9-7-19-4-1-2-5-20(19)16-23/h1-2,4-5,7-12,16-17,21H,3,6,13-15,18H2,(H,29,30)(H,31,33)/t21-/m1/s1. The average Bonchev–Trinajstić information content (AvgIpc) is 2.90. The topological polar surface area (TPSA) is 91.4 Å². The van der Waals surface area contributed by atoms with E-state index in [1.54, 1.807) is 18.3 Å². The van der Waals surface area contributed by atoms with E-state index in [-0.39, 0.29) is 23.3 Å². The van der Waals surface area contributed by atoms with E-state index in [1.807, 2.05) is 54.6 Å². The molecule has 0 radical (unpaired) electrons. The number of nitrogens with one attached hydrogen (secondary N) is 2. The number of aromatic nitrogens is 1. The number of amides is 1. The van der Waals surface area contributed by atoms with Gasteiger partial charge >= 0.3 is 0 Å². The molecule has 0 unspecified atom stereocenters. The lowest BCUT2D eigenvalue weighted by atomic mass is 9.99. The number of nitrogens with zero attached hydrogens (tertiary/aromatic N) is 2. The Balaban J connectivity index is 1.18. The predicted octanol–water partition coefficient (Wildman–Crippen LogP) is 4.67. The Morgan fingerprint density at radius 2 is 1.86 bits per heavy atom. The second-order valence-electron chi connectivity index (χ2n) is 8.95. The van der Waals surface area contributed by atoms with E-state index in [9.17, 15) is 13.2 Å². The zero-order valence-corrected chi connectivity index (χ0v) is 21.2. The van der Waals surface area contributed by atoms with Crippen LogP contribution in [0.25, 0.3) is 21.7 Å². The van der Waals surface area contributed by atoms with E-state index in [4.69, 9.17) is 11.6 Å². The highest BCUT2D eigenvalue weighted by Gasteiger charge is 2.33.